The second-order valence-electron chi connectivity index (χ2n) is 3.62. The van der Waals surface area contributed by atoms with Crippen LogP contribution in [0.2, 0.25) is 0 Å². The quantitative estimate of drug-likeness (QED) is 0.763. The molecule has 2 rings (SSSR count). The van der Waals surface area contributed by atoms with Gasteiger partial charge in [0.15, 0.2) is 12.0 Å². The van der Waals surface area contributed by atoms with Gasteiger partial charge in [-0.25, -0.2) is 4.98 Å². The molecule has 0 bridgehead atoms. The van der Waals surface area contributed by atoms with Crippen molar-refractivity contribution in [3.63, 3.8) is 0 Å². The van der Waals surface area contributed by atoms with Gasteiger partial charge in [0.1, 0.15) is 0 Å². The first-order chi connectivity index (χ1) is 8.52. The molecule has 5 heteroatoms. The summed E-state index contributed by atoms with van der Waals surface area (Å²) in [6.45, 7) is 0. The standard InChI is InChI=1S/C13H8F3NO/c14-13(15,16)12-10(8-18)6-7-11(17-12)9-4-2-1-3-5-9/h1-8H. The predicted octanol–water partition coefficient (Wildman–Crippen LogP) is 3.58. The van der Waals surface area contributed by atoms with Crippen LogP contribution < -0.4 is 0 Å². The highest BCUT2D eigenvalue weighted by atomic mass is 19.4. The van der Waals surface area contributed by atoms with E-state index in [4.69, 9.17) is 0 Å². The minimum absolute atomic E-state index is 0.157. The fraction of sp³-hybridized carbons (Fsp3) is 0.0769. The number of nitrogens with zero attached hydrogens (tertiary/aromatic N) is 1. The molecule has 2 aromatic rings. The zero-order valence-electron chi connectivity index (χ0n) is 9.11. The Morgan fingerprint density at radius 1 is 1.00 bits per heavy atom. The Bertz CT molecular complexity index is 564. The van der Waals surface area contributed by atoms with Crippen LogP contribution in [0.5, 0.6) is 0 Å². The molecule has 0 radical (unpaired) electrons. The molecule has 2 nitrogen and oxygen atoms in total. The van der Waals surface area contributed by atoms with E-state index in [0.717, 1.165) is 6.07 Å². The van der Waals surface area contributed by atoms with Crippen molar-refractivity contribution in [3.05, 3.63) is 53.7 Å². The van der Waals surface area contributed by atoms with E-state index in [-0.39, 0.29) is 12.0 Å². The minimum atomic E-state index is -4.64. The lowest BCUT2D eigenvalue weighted by molar-refractivity contribution is -0.141. The van der Waals surface area contributed by atoms with E-state index >= 15 is 0 Å². The van der Waals surface area contributed by atoms with Crippen LogP contribution in [0.15, 0.2) is 42.5 Å². The number of aromatic nitrogens is 1. The Morgan fingerprint density at radius 3 is 2.22 bits per heavy atom. The molecule has 0 aliphatic carbocycles. The summed E-state index contributed by atoms with van der Waals surface area (Å²) >= 11 is 0. The van der Waals surface area contributed by atoms with E-state index in [1.54, 1.807) is 30.3 Å². The summed E-state index contributed by atoms with van der Waals surface area (Å²) in [7, 11) is 0. The second kappa shape index (κ2) is 4.60. The average molecular weight is 251 g/mol. The van der Waals surface area contributed by atoms with Gasteiger partial charge in [0.05, 0.1) is 5.69 Å². The summed E-state index contributed by atoms with van der Waals surface area (Å²) in [6, 6.07) is 11.0. The topological polar surface area (TPSA) is 30.0 Å². The van der Waals surface area contributed by atoms with Crippen LogP contribution >= 0.6 is 0 Å². The van der Waals surface area contributed by atoms with Gasteiger partial charge in [-0.1, -0.05) is 30.3 Å². The van der Waals surface area contributed by atoms with Crippen molar-refractivity contribution >= 4 is 6.29 Å². The van der Waals surface area contributed by atoms with Gasteiger partial charge in [0.25, 0.3) is 0 Å². The highest BCUT2D eigenvalue weighted by molar-refractivity contribution is 5.78. The molecule has 0 aliphatic heterocycles. The molecule has 1 heterocycles. The maximum Gasteiger partial charge on any atom is 0.434 e. The number of benzene rings is 1. The SMILES string of the molecule is O=Cc1ccc(-c2ccccc2)nc1C(F)(F)F. The minimum Gasteiger partial charge on any atom is -0.298 e. The van der Waals surface area contributed by atoms with E-state index in [1.807, 2.05) is 0 Å². The number of pyridine rings is 1. The van der Waals surface area contributed by atoms with Crippen molar-refractivity contribution in [2.75, 3.05) is 0 Å². The smallest absolute Gasteiger partial charge is 0.298 e. The van der Waals surface area contributed by atoms with E-state index in [9.17, 15) is 18.0 Å². The highest BCUT2D eigenvalue weighted by Crippen LogP contribution is 2.31. The maximum absolute atomic E-state index is 12.7. The van der Waals surface area contributed by atoms with Crippen molar-refractivity contribution < 1.29 is 18.0 Å². The lowest BCUT2D eigenvalue weighted by Gasteiger charge is -2.10. The number of carbonyl (C=O) groups is 1. The Morgan fingerprint density at radius 2 is 1.67 bits per heavy atom. The molecule has 0 fully saturated rings. The van der Waals surface area contributed by atoms with Crippen LogP contribution in [-0.2, 0) is 6.18 Å². The molecule has 0 aliphatic rings. The molecule has 0 saturated carbocycles. The molecule has 0 atom stereocenters. The van der Waals surface area contributed by atoms with Crippen LogP contribution in [0, 0.1) is 0 Å². The predicted molar refractivity (Wildman–Crippen MR) is 60.1 cm³/mol. The molecule has 18 heavy (non-hydrogen) atoms. The van der Waals surface area contributed by atoms with E-state index in [2.05, 4.69) is 4.98 Å². The zero-order valence-corrected chi connectivity index (χ0v) is 9.11. The second-order valence-corrected chi connectivity index (χ2v) is 3.62. The summed E-state index contributed by atoms with van der Waals surface area (Å²) in [5, 5.41) is 0. The van der Waals surface area contributed by atoms with Gasteiger partial charge in [-0.3, -0.25) is 4.79 Å². The maximum atomic E-state index is 12.7. The van der Waals surface area contributed by atoms with Gasteiger partial charge < -0.3 is 0 Å². The van der Waals surface area contributed by atoms with Crippen LogP contribution in [0.4, 0.5) is 13.2 Å². The number of rotatable bonds is 2. The van der Waals surface area contributed by atoms with Crippen molar-refractivity contribution in [2.45, 2.75) is 6.18 Å². The number of carbonyl (C=O) groups excluding carboxylic acids is 1. The van der Waals surface area contributed by atoms with Crippen LogP contribution in [0.1, 0.15) is 16.1 Å². The Hall–Kier alpha value is -2.17. The molecule has 92 valence electrons. The van der Waals surface area contributed by atoms with Gasteiger partial charge in [-0.2, -0.15) is 13.2 Å². The first kappa shape index (κ1) is 12.3. The van der Waals surface area contributed by atoms with Crippen LogP contribution in [-0.4, -0.2) is 11.3 Å². The van der Waals surface area contributed by atoms with Gasteiger partial charge in [-0.15, -0.1) is 0 Å². The molecule has 0 unspecified atom stereocenters. The third kappa shape index (κ3) is 2.40. The summed E-state index contributed by atoms with van der Waals surface area (Å²) in [4.78, 5) is 14.1. The molecule has 0 spiro atoms. The Labute approximate surface area is 101 Å². The number of halogens is 3. The molecular weight excluding hydrogens is 243 g/mol. The molecule has 0 N–H and O–H groups in total. The fourth-order valence-corrected chi connectivity index (χ4v) is 1.56. The van der Waals surface area contributed by atoms with Gasteiger partial charge in [0.2, 0.25) is 0 Å². The number of hydrogen-bond acceptors (Lipinski definition) is 2. The monoisotopic (exact) mass is 251 g/mol. The molecule has 0 saturated heterocycles. The van der Waals surface area contributed by atoms with Crippen LogP contribution in [0.3, 0.4) is 0 Å². The number of aldehydes is 1. The number of hydrogen-bond donors (Lipinski definition) is 0. The average Bonchev–Trinajstić information content (AvgIpc) is 2.38. The van der Waals surface area contributed by atoms with Crippen molar-refractivity contribution in [1.82, 2.24) is 4.98 Å². The lowest BCUT2D eigenvalue weighted by atomic mass is 10.1. The lowest BCUT2D eigenvalue weighted by Crippen LogP contribution is -2.12. The molecule has 0 amide bonds. The van der Waals surface area contributed by atoms with E-state index in [1.165, 1.54) is 6.07 Å². The molecular formula is C13H8F3NO. The summed E-state index contributed by atoms with van der Waals surface area (Å²) in [5.41, 5.74) is -0.852. The van der Waals surface area contributed by atoms with Crippen LogP contribution in [0.25, 0.3) is 11.3 Å². The molecule has 1 aromatic heterocycles. The third-order valence-corrected chi connectivity index (χ3v) is 2.39. The molecule has 1 aromatic carbocycles. The van der Waals surface area contributed by atoms with E-state index in [0.29, 0.717) is 5.56 Å². The fourth-order valence-electron chi connectivity index (χ4n) is 1.56. The van der Waals surface area contributed by atoms with E-state index < -0.39 is 17.4 Å². The highest BCUT2D eigenvalue weighted by Gasteiger charge is 2.35. The number of alkyl halides is 3. The first-order valence-electron chi connectivity index (χ1n) is 5.11. The Balaban J connectivity index is 2.57. The van der Waals surface area contributed by atoms with Crippen molar-refractivity contribution in [1.29, 1.82) is 0 Å². The zero-order chi connectivity index (χ0) is 13.2. The van der Waals surface area contributed by atoms with Gasteiger partial charge >= 0.3 is 6.18 Å². The van der Waals surface area contributed by atoms with Gasteiger partial charge in [-0.05, 0) is 12.1 Å². The van der Waals surface area contributed by atoms with Crippen molar-refractivity contribution in [2.24, 2.45) is 0 Å². The first-order valence-corrected chi connectivity index (χ1v) is 5.11. The summed E-state index contributed by atoms with van der Waals surface area (Å²) in [6.07, 6.45) is -4.48. The Kier molecular flexibility index (Phi) is 3.14. The van der Waals surface area contributed by atoms with Crippen molar-refractivity contribution in [3.8, 4) is 11.3 Å². The van der Waals surface area contributed by atoms with Gasteiger partial charge in [0, 0.05) is 11.1 Å². The third-order valence-electron chi connectivity index (χ3n) is 2.39. The summed E-state index contributed by atoms with van der Waals surface area (Å²) < 4.78 is 38.1. The largest absolute Gasteiger partial charge is 0.434 e. The normalized spacial score (nSPS) is 11.3. The summed E-state index contributed by atoms with van der Waals surface area (Å²) in [5.74, 6) is 0.